The van der Waals surface area contributed by atoms with Crippen LogP contribution >= 0.6 is 11.3 Å². The highest BCUT2D eigenvalue weighted by Gasteiger charge is 2.21. The van der Waals surface area contributed by atoms with E-state index in [1.165, 1.54) is 5.56 Å². The number of carbonyl (C=O) groups is 1. The van der Waals surface area contributed by atoms with Crippen LogP contribution < -0.4 is 5.32 Å². The molecule has 0 bridgehead atoms. The minimum absolute atomic E-state index is 0.0707. The zero-order valence-corrected chi connectivity index (χ0v) is 17.7. The first-order chi connectivity index (χ1) is 14.3. The number of rotatable bonds is 6. The van der Waals surface area contributed by atoms with E-state index >= 15 is 0 Å². The molecule has 3 heterocycles. The number of fused-ring (bicyclic) bond motifs is 1. The molecule has 0 aliphatic carbocycles. The van der Waals surface area contributed by atoms with Crippen LogP contribution in [-0.4, -0.2) is 51.4 Å². The van der Waals surface area contributed by atoms with Crippen molar-refractivity contribution in [2.75, 3.05) is 13.6 Å². The van der Waals surface area contributed by atoms with E-state index in [1.54, 1.807) is 25.2 Å². The average Bonchev–Trinajstić information content (AvgIpc) is 3.40. The number of hydrogen-bond donors (Lipinski definition) is 1. The fourth-order valence-corrected chi connectivity index (χ4v) is 4.19. The molecule has 10 heteroatoms. The second-order valence-electron chi connectivity index (χ2n) is 7.77. The number of aromatic nitrogens is 3. The highest BCUT2D eigenvalue weighted by atomic mass is 32.1. The maximum atomic E-state index is 12.0. The third-order valence-electron chi connectivity index (χ3n) is 4.64. The number of thiazole rings is 1. The molecule has 2 aromatic heterocycles. The van der Waals surface area contributed by atoms with Gasteiger partial charge < -0.3 is 9.73 Å². The van der Waals surface area contributed by atoms with Gasteiger partial charge >= 0.3 is 0 Å². The number of hydrazone groups is 1. The van der Waals surface area contributed by atoms with Gasteiger partial charge in [-0.1, -0.05) is 6.07 Å². The summed E-state index contributed by atoms with van der Waals surface area (Å²) < 4.78 is 6.70. The Balaban J connectivity index is 1.43. The zero-order valence-electron chi connectivity index (χ0n) is 16.9. The minimum Gasteiger partial charge on any atom is -0.424 e. The second-order valence-corrected chi connectivity index (χ2v) is 8.89. The van der Waals surface area contributed by atoms with Crippen molar-refractivity contribution in [2.24, 2.45) is 5.10 Å². The van der Waals surface area contributed by atoms with Crippen LogP contribution in [0.4, 0.5) is 0 Å². The second kappa shape index (κ2) is 7.84. The van der Waals surface area contributed by atoms with E-state index in [-0.39, 0.29) is 18.2 Å². The van der Waals surface area contributed by atoms with Gasteiger partial charge in [0.2, 0.25) is 17.7 Å². The first-order valence-corrected chi connectivity index (χ1v) is 10.3. The summed E-state index contributed by atoms with van der Waals surface area (Å²) in [6, 6.07) is 8.29. The first kappa shape index (κ1) is 20.0. The third-order valence-corrected chi connectivity index (χ3v) is 5.66. The van der Waals surface area contributed by atoms with Crippen molar-refractivity contribution >= 4 is 33.7 Å². The minimum atomic E-state index is -0.945. The predicted molar refractivity (Wildman–Crippen MR) is 112 cm³/mol. The Bertz CT molecular complexity index is 1160. The lowest BCUT2D eigenvalue weighted by Crippen LogP contribution is -2.42. The van der Waals surface area contributed by atoms with Gasteiger partial charge in [0.05, 0.1) is 22.7 Å². The molecule has 1 amide bonds. The summed E-state index contributed by atoms with van der Waals surface area (Å²) in [5.74, 6) is 0.566. The molecule has 9 nitrogen and oxygen atoms in total. The van der Waals surface area contributed by atoms with Crippen molar-refractivity contribution < 1.29 is 9.21 Å². The fourth-order valence-electron chi connectivity index (χ4n) is 3.18. The van der Waals surface area contributed by atoms with Crippen LogP contribution in [0.15, 0.2) is 27.7 Å². The van der Waals surface area contributed by atoms with Crippen LogP contribution in [0.25, 0.3) is 10.2 Å². The van der Waals surface area contributed by atoms with E-state index in [1.807, 2.05) is 30.4 Å². The molecular weight excluding hydrogens is 402 g/mol. The number of hydrogen-bond acceptors (Lipinski definition) is 9. The number of nitriles is 1. The van der Waals surface area contributed by atoms with Gasteiger partial charge in [0.25, 0.3) is 0 Å². The van der Waals surface area contributed by atoms with Crippen molar-refractivity contribution in [2.45, 2.75) is 38.1 Å². The van der Waals surface area contributed by atoms with Crippen LogP contribution in [0.3, 0.4) is 0 Å². The summed E-state index contributed by atoms with van der Waals surface area (Å²) in [4.78, 5) is 16.7. The van der Waals surface area contributed by atoms with E-state index in [0.29, 0.717) is 18.2 Å². The van der Waals surface area contributed by atoms with Gasteiger partial charge in [-0.05, 0) is 31.5 Å². The molecule has 1 N–H and O–H groups in total. The fraction of sp³-hybridized carbons (Fsp3) is 0.400. The molecule has 4 rings (SSSR count). The molecule has 0 spiro atoms. The highest BCUT2D eigenvalue weighted by Crippen LogP contribution is 2.28. The molecule has 0 radical (unpaired) electrons. The topological polar surface area (TPSA) is 120 Å². The predicted octanol–water partition coefficient (Wildman–Crippen LogP) is 2.25. The van der Waals surface area contributed by atoms with E-state index < -0.39 is 5.54 Å². The van der Waals surface area contributed by atoms with Crippen LogP contribution in [0.5, 0.6) is 0 Å². The van der Waals surface area contributed by atoms with Gasteiger partial charge in [-0.2, -0.15) is 10.4 Å². The van der Waals surface area contributed by atoms with Crippen molar-refractivity contribution in [1.82, 2.24) is 25.5 Å². The largest absolute Gasteiger partial charge is 0.424 e. The normalized spacial score (nSPS) is 16.2. The summed E-state index contributed by atoms with van der Waals surface area (Å²) in [6.45, 7) is 4.13. The van der Waals surface area contributed by atoms with Gasteiger partial charge in [0.15, 0.2) is 0 Å². The monoisotopic (exact) mass is 423 g/mol. The molecule has 30 heavy (non-hydrogen) atoms. The molecule has 1 atom stereocenters. The van der Waals surface area contributed by atoms with Crippen molar-refractivity contribution in [3.63, 3.8) is 0 Å². The number of benzene rings is 1. The van der Waals surface area contributed by atoms with E-state index in [4.69, 9.17) is 9.68 Å². The molecule has 1 aromatic carbocycles. The van der Waals surface area contributed by atoms with E-state index in [0.717, 1.165) is 21.8 Å². The van der Waals surface area contributed by atoms with Gasteiger partial charge in [0, 0.05) is 25.7 Å². The summed E-state index contributed by atoms with van der Waals surface area (Å²) in [5, 5.41) is 26.7. The van der Waals surface area contributed by atoms with Gasteiger partial charge in [-0.3, -0.25) is 9.80 Å². The SMILES string of the molecule is CN1CC(c2ccc3nc(Cc4nnc(CC(=O)NC(C)(C)C#N)o4)sc3c2)C=N1. The smallest absolute Gasteiger partial charge is 0.230 e. The molecule has 1 aliphatic heterocycles. The van der Waals surface area contributed by atoms with Crippen molar-refractivity contribution in [3.05, 3.63) is 40.6 Å². The lowest BCUT2D eigenvalue weighted by atomic mass is 10.0. The summed E-state index contributed by atoms with van der Waals surface area (Å²) in [7, 11) is 1.96. The number of nitrogens with one attached hydrogen (secondary N) is 1. The lowest BCUT2D eigenvalue weighted by Gasteiger charge is -2.16. The Hall–Kier alpha value is -3.32. The quantitative estimate of drug-likeness (QED) is 0.645. The zero-order chi connectivity index (χ0) is 21.3. The van der Waals surface area contributed by atoms with Crippen molar-refractivity contribution in [3.8, 4) is 6.07 Å². The number of nitrogens with zero attached hydrogens (tertiary/aromatic N) is 6. The number of amides is 1. The van der Waals surface area contributed by atoms with E-state index in [2.05, 4.69) is 37.7 Å². The number of likely N-dealkylation sites (N-methyl/N-ethyl adjacent to an activating group) is 1. The average molecular weight is 424 g/mol. The molecule has 0 saturated heterocycles. The third kappa shape index (κ3) is 4.46. The molecule has 1 unspecified atom stereocenters. The molecule has 154 valence electrons. The maximum absolute atomic E-state index is 12.0. The summed E-state index contributed by atoms with van der Waals surface area (Å²) >= 11 is 1.59. The van der Waals surface area contributed by atoms with E-state index in [9.17, 15) is 4.79 Å². The molecule has 3 aromatic rings. The molecular formula is C20H21N7O2S. The van der Waals surface area contributed by atoms with Gasteiger partial charge in [-0.15, -0.1) is 21.5 Å². The Morgan fingerprint density at radius 2 is 2.20 bits per heavy atom. The summed E-state index contributed by atoms with van der Waals surface area (Å²) in [5.41, 5.74) is 1.21. The van der Waals surface area contributed by atoms with Crippen LogP contribution in [0.1, 0.15) is 42.1 Å². The number of carbonyl (C=O) groups excluding carboxylic acids is 1. The standard InChI is InChI=1S/C20H21N7O2S/c1-20(2,11-21)24-16(28)7-17-25-26-18(29-17)8-19-23-14-5-4-12(6-15(14)30-19)13-9-22-27(3)10-13/h4-6,9,13H,7-8,10H2,1-3H3,(H,24,28). The Kier molecular flexibility index (Phi) is 5.22. The van der Waals surface area contributed by atoms with Crippen LogP contribution in [0.2, 0.25) is 0 Å². The highest BCUT2D eigenvalue weighted by molar-refractivity contribution is 7.18. The molecule has 0 saturated carbocycles. The van der Waals surface area contributed by atoms with Crippen LogP contribution in [-0.2, 0) is 17.6 Å². The first-order valence-electron chi connectivity index (χ1n) is 9.49. The maximum Gasteiger partial charge on any atom is 0.230 e. The van der Waals surface area contributed by atoms with Gasteiger partial charge in [-0.25, -0.2) is 4.98 Å². The lowest BCUT2D eigenvalue weighted by molar-refractivity contribution is -0.121. The Morgan fingerprint density at radius 3 is 2.93 bits per heavy atom. The molecule has 1 aliphatic rings. The van der Waals surface area contributed by atoms with Gasteiger partial charge in [0.1, 0.15) is 17.0 Å². The molecule has 0 fully saturated rings. The van der Waals surface area contributed by atoms with Crippen molar-refractivity contribution in [1.29, 1.82) is 5.26 Å². The Morgan fingerprint density at radius 1 is 1.40 bits per heavy atom. The van der Waals surface area contributed by atoms with Crippen LogP contribution in [0, 0.1) is 11.3 Å². The Labute approximate surface area is 177 Å². The summed E-state index contributed by atoms with van der Waals surface area (Å²) in [6.07, 6.45) is 2.30.